The highest BCUT2D eigenvalue weighted by atomic mass is 19.3. The molecule has 118 valence electrons. The van der Waals surface area contributed by atoms with Crippen LogP contribution in [0.1, 0.15) is 37.8 Å². The summed E-state index contributed by atoms with van der Waals surface area (Å²) in [5, 5.41) is 13.3. The summed E-state index contributed by atoms with van der Waals surface area (Å²) < 4.78 is 34.0. The van der Waals surface area contributed by atoms with Crippen LogP contribution in [0.15, 0.2) is 18.2 Å². The molecule has 1 aliphatic carbocycles. The first kappa shape index (κ1) is 16.0. The minimum Gasteiger partial charge on any atom is -0.493 e. The molecule has 0 amide bonds. The number of ether oxygens (including phenoxy) is 2. The molecule has 2 N–H and O–H groups in total. The quantitative estimate of drug-likeness (QED) is 0.813. The Balaban J connectivity index is 2.01. The van der Waals surface area contributed by atoms with Crippen molar-refractivity contribution >= 4 is 0 Å². The van der Waals surface area contributed by atoms with Gasteiger partial charge in [0.25, 0.3) is 0 Å². The summed E-state index contributed by atoms with van der Waals surface area (Å²) in [5.41, 5.74) is 0.285. The monoisotopic (exact) mass is 301 g/mol. The highest BCUT2D eigenvalue weighted by Crippen LogP contribution is 2.33. The Bertz CT molecular complexity index is 478. The van der Waals surface area contributed by atoms with Crippen LogP contribution in [0.25, 0.3) is 0 Å². The smallest absolute Gasteiger partial charge is 0.387 e. The van der Waals surface area contributed by atoms with Gasteiger partial charge in [0.05, 0.1) is 12.7 Å². The predicted octanol–water partition coefficient (Wildman–Crippen LogP) is 2.86. The van der Waals surface area contributed by atoms with Gasteiger partial charge in [0, 0.05) is 12.6 Å². The van der Waals surface area contributed by atoms with Crippen LogP contribution >= 0.6 is 0 Å². The van der Waals surface area contributed by atoms with Crippen LogP contribution in [0.3, 0.4) is 0 Å². The lowest BCUT2D eigenvalue weighted by molar-refractivity contribution is -0.0512. The van der Waals surface area contributed by atoms with Crippen LogP contribution in [-0.2, 0) is 0 Å². The number of alkyl halides is 2. The third kappa shape index (κ3) is 4.04. The van der Waals surface area contributed by atoms with E-state index in [1.165, 1.54) is 13.2 Å². The summed E-state index contributed by atoms with van der Waals surface area (Å²) in [6.45, 7) is -0.413. The second-order valence-electron chi connectivity index (χ2n) is 5.47. The number of methoxy groups -OCH3 is 1. The number of rotatable bonds is 7. The Hall–Kier alpha value is -1.40. The molecule has 1 atom stereocenters. The Morgan fingerprint density at radius 1 is 1.33 bits per heavy atom. The molecule has 2 rings (SSSR count). The fourth-order valence-corrected chi connectivity index (χ4v) is 2.37. The number of hydrogen-bond acceptors (Lipinski definition) is 4. The molecule has 6 heteroatoms. The summed E-state index contributed by atoms with van der Waals surface area (Å²) in [7, 11) is 1.41. The van der Waals surface area contributed by atoms with Gasteiger partial charge in [-0.05, 0) is 43.9 Å². The lowest BCUT2D eigenvalue weighted by Crippen LogP contribution is -2.46. The molecule has 21 heavy (non-hydrogen) atoms. The van der Waals surface area contributed by atoms with Crippen LogP contribution in [0.2, 0.25) is 0 Å². The molecule has 1 aromatic carbocycles. The lowest BCUT2D eigenvalue weighted by atomic mass is 9.80. The second kappa shape index (κ2) is 6.58. The first-order valence-corrected chi connectivity index (χ1v) is 7.02. The molecule has 0 heterocycles. The predicted molar refractivity (Wildman–Crippen MR) is 74.8 cm³/mol. The van der Waals surface area contributed by atoms with Crippen molar-refractivity contribution in [3.8, 4) is 11.5 Å². The Morgan fingerprint density at radius 3 is 2.57 bits per heavy atom. The molecule has 0 saturated heterocycles. The van der Waals surface area contributed by atoms with E-state index in [1.807, 2.05) is 6.92 Å². The van der Waals surface area contributed by atoms with Gasteiger partial charge < -0.3 is 19.9 Å². The summed E-state index contributed by atoms with van der Waals surface area (Å²) in [6.07, 6.45) is 2.69. The van der Waals surface area contributed by atoms with E-state index in [-0.39, 0.29) is 17.5 Å². The van der Waals surface area contributed by atoms with E-state index in [0.29, 0.717) is 6.54 Å². The standard InChI is InChI=1S/C15H21F2NO3/c1-10(18-9-15(19)6-3-7-15)11-4-5-12(21-14(16)17)13(8-11)20-2/h4-5,8,10,14,18-19H,3,6-7,9H2,1-2H3. The number of halogens is 2. The molecule has 1 aromatic rings. The van der Waals surface area contributed by atoms with Crippen LogP contribution in [0, 0.1) is 0 Å². The SMILES string of the molecule is COc1cc(C(C)NCC2(O)CCC2)ccc1OC(F)F. The molecule has 4 nitrogen and oxygen atoms in total. The van der Waals surface area contributed by atoms with Gasteiger partial charge in [0.2, 0.25) is 0 Å². The van der Waals surface area contributed by atoms with E-state index in [1.54, 1.807) is 12.1 Å². The Labute approximate surface area is 123 Å². The van der Waals surface area contributed by atoms with Gasteiger partial charge in [0.15, 0.2) is 11.5 Å². The molecular formula is C15H21F2NO3. The third-order valence-corrected chi connectivity index (χ3v) is 3.93. The van der Waals surface area contributed by atoms with Crippen molar-refractivity contribution in [3.63, 3.8) is 0 Å². The van der Waals surface area contributed by atoms with Crippen molar-refractivity contribution in [3.05, 3.63) is 23.8 Å². The molecule has 1 aliphatic rings. The van der Waals surface area contributed by atoms with Crippen molar-refractivity contribution < 1.29 is 23.4 Å². The van der Waals surface area contributed by atoms with E-state index in [0.717, 1.165) is 24.8 Å². The van der Waals surface area contributed by atoms with Gasteiger partial charge in [0.1, 0.15) is 0 Å². The van der Waals surface area contributed by atoms with E-state index in [4.69, 9.17) is 4.74 Å². The number of aliphatic hydroxyl groups is 1. The van der Waals surface area contributed by atoms with Gasteiger partial charge in [-0.15, -0.1) is 0 Å². The third-order valence-electron chi connectivity index (χ3n) is 3.93. The zero-order valence-electron chi connectivity index (χ0n) is 12.2. The average Bonchev–Trinajstić information content (AvgIpc) is 2.42. The second-order valence-corrected chi connectivity index (χ2v) is 5.47. The van der Waals surface area contributed by atoms with Gasteiger partial charge in [-0.1, -0.05) is 6.07 Å². The van der Waals surface area contributed by atoms with Crippen molar-refractivity contribution in [1.82, 2.24) is 5.32 Å². The van der Waals surface area contributed by atoms with Crippen LogP contribution in [0.4, 0.5) is 8.78 Å². The molecule has 0 radical (unpaired) electrons. The van der Waals surface area contributed by atoms with Crippen LogP contribution in [0.5, 0.6) is 11.5 Å². The van der Waals surface area contributed by atoms with Crippen LogP contribution in [-0.4, -0.2) is 31.0 Å². The molecule has 1 fully saturated rings. The Kier molecular flexibility index (Phi) is 5.00. The van der Waals surface area contributed by atoms with Crippen molar-refractivity contribution in [1.29, 1.82) is 0 Å². The van der Waals surface area contributed by atoms with Gasteiger partial charge in [-0.2, -0.15) is 8.78 Å². The maximum Gasteiger partial charge on any atom is 0.387 e. The largest absolute Gasteiger partial charge is 0.493 e. The van der Waals surface area contributed by atoms with Gasteiger partial charge in [-0.25, -0.2) is 0 Å². The molecule has 0 aromatic heterocycles. The topological polar surface area (TPSA) is 50.7 Å². The first-order valence-electron chi connectivity index (χ1n) is 7.02. The summed E-state index contributed by atoms with van der Waals surface area (Å²) in [4.78, 5) is 0. The van der Waals surface area contributed by atoms with E-state index in [9.17, 15) is 13.9 Å². The number of benzene rings is 1. The Morgan fingerprint density at radius 2 is 2.05 bits per heavy atom. The summed E-state index contributed by atoms with van der Waals surface area (Å²) in [5.74, 6) is 0.282. The zero-order chi connectivity index (χ0) is 15.5. The number of hydrogen-bond donors (Lipinski definition) is 2. The van der Waals surface area contributed by atoms with Crippen molar-refractivity contribution in [2.45, 2.75) is 44.4 Å². The molecular weight excluding hydrogens is 280 g/mol. The maximum absolute atomic E-state index is 12.3. The lowest BCUT2D eigenvalue weighted by Gasteiger charge is -2.37. The zero-order valence-corrected chi connectivity index (χ0v) is 12.2. The van der Waals surface area contributed by atoms with Gasteiger partial charge >= 0.3 is 6.61 Å². The molecule has 0 bridgehead atoms. The van der Waals surface area contributed by atoms with E-state index in [2.05, 4.69) is 10.1 Å². The van der Waals surface area contributed by atoms with E-state index < -0.39 is 12.2 Å². The molecule has 1 unspecified atom stereocenters. The fourth-order valence-electron chi connectivity index (χ4n) is 2.37. The summed E-state index contributed by atoms with van der Waals surface area (Å²) in [6, 6.07) is 4.82. The average molecular weight is 301 g/mol. The maximum atomic E-state index is 12.3. The highest BCUT2D eigenvalue weighted by molar-refractivity contribution is 5.43. The molecule has 0 spiro atoms. The van der Waals surface area contributed by atoms with E-state index >= 15 is 0 Å². The molecule has 0 aliphatic heterocycles. The summed E-state index contributed by atoms with van der Waals surface area (Å²) >= 11 is 0. The highest BCUT2D eigenvalue weighted by Gasteiger charge is 2.34. The van der Waals surface area contributed by atoms with Crippen LogP contribution < -0.4 is 14.8 Å². The van der Waals surface area contributed by atoms with Crippen molar-refractivity contribution in [2.75, 3.05) is 13.7 Å². The fraction of sp³-hybridized carbons (Fsp3) is 0.600. The van der Waals surface area contributed by atoms with Gasteiger partial charge in [-0.3, -0.25) is 0 Å². The van der Waals surface area contributed by atoms with Crippen molar-refractivity contribution in [2.24, 2.45) is 0 Å². The minimum atomic E-state index is -2.88. The normalized spacial score (nSPS) is 18.2. The minimum absolute atomic E-state index is 0.0149. The molecule has 1 saturated carbocycles. The number of nitrogens with one attached hydrogen (secondary N) is 1. The first-order chi connectivity index (χ1) is 9.93.